The van der Waals surface area contributed by atoms with E-state index in [0.717, 1.165) is 25.9 Å². The molecular weight excluding hydrogens is 204 g/mol. The highest BCUT2D eigenvalue weighted by Gasteiger charge is 2.28. The Kier molecular flexibility index (Phi) is 4.74. The molecule has 0 aromatic carbocycles. The van der Waals surface area contributed by atoms with Crippen molar-refractivity contribution < 1.29 is 9.53 Å². The number of likely N-dealkylation sites (tertiary alicyclic amines) is 1. The van der Waals surface area contributed by atoms with Gasteiger partial charge < -0.3 is 15.0 Å². The molecule has 1 heterocycles. The molecule has 0 spiro atoms. The van der Waals surface area contributed by atoms with Crippen molar-refractivity contribution in [2.75, 3.05) is 26.7 Å². The van der Waals surface area contributed by atoms with E-state index in [2.05, 4.69) is 5.32 Å². The first kappa shape index (κ1) is 13.5. The molecule has 0 aromatic rings. The Bertz CT molecular complexity index is 236. The summed E-state index contributed by atoms with van der Waals surface area (Å²) < 4.78 is 5.52. The van der Waals surface area contributed by atoms with E-state index in [-0.39, 0.29) is 18.1 Å². The minimum atomic E-state index is -0.242. The van der Waals surface area contributed by atoms with Gasteiger partial charge in [-0.2, -0.15) is 0 Å². The first-order valence-corrected chi connectivity index (χ1v) is 6.02. The van der Waals surface area contributed by atoms with E-state index in [1.54, 1.807) is 0 Å². The number of carbonyl (C=O) groups excluding carboxylic acids is 1. The van der Waals surface area contributed by atoms with Gasteiger partial charge in [0.1, 0.15) is 6.61 Å². The maximum absolute atomic E-state index is 12.0. The maximum atomic E-state index is 12.0. The number of ether oxygens (including phenoxy) is 1. The average Bonchev–Trinajstić information content (AvgIpc) is 2.62. The van der Waals surface area contributed by atoms with Crippen molar-refractivity contribution in [2.24, 2.45) is 0 Å². The summed E-state index contributed by atoms with van der Waals surface area (Å²) in [5.41, 5.74) is -0.242. The summed E-state index contributed by atoms with van der Waals surface area (Å²) in [4.78, 5) is 13.9. The zero-order valence-corrected chi connectivity index (χ0v) is 10.9. The van der Waals surface area contributed by atoms with E-state index in [4.69, 9.17) is 4.74 Å². The van der Waals surface area contributed by atoms with Gasteiger partial charge in [-0.1, -0.05) is 0 Å². The van der Waals surface area contributed by atoms with Crippen LogP contribution in [-0.4, -0.2) is 49.2 Å². The van der Waals surface area contributed by atoms with Crippen LogP contribution in [0.25, 0.3) is 0 Å². The number of rotatable bonds is 4. The largest absolute Gasteiger partial charge is 0.366 e. The van der Waals surface area contributed by atoms with Gasteiger partial charge in [-0.25, -0.2) is 0 Å². The molecule has 0 saturated carbocycles. The zero-order valence-electron chi connectivity index (χ0n) is 10.9. The van der Waals surface area contributed by atoms with Gasteiger partial charge in [0.2, 0.25) is 5.91 Å². The molecule has 0 radical (unpaired) electrons. The molecule has 1 rings (SSSR count). The zero-order chi connectivity index (χ0) is 12.2. The highest BCUT2D eigenvalue weighted by Crippen LogP contribution is 2.17. The summed E-state index contributed by atoms with van der Waals surface area (Å²) in [6, 6.07) is 0.348. The fraction of sp³-hybridized carbons (Fsp3) is 0.917. The van der Waals surface area contributed by atoms with Gasteiger partial charge in [-0.15, -0.1) is 0 Å². The lowest BCUT2D eigenvalue weighted by molar-refractivity contribution is -0.141. The molecule has 1 aliphatic rings. The predicted molar refractivity (Wildman–Crippen MR) is 64.4 cm³/mol. The first-order valence-electron chi connectivity index (χ1n) is 6.02. The lowest BCUT2D eigenvalue weighted by Gasteiger charge is -2.26. The Balaban J connectivity index is 2.40. The Hall–Kier alpha value is -0.610. The standard InChI is InChI=1S/C12H24N2O2/c1-12(2,3)16-9-11(15)14-7-5-6-10(14)8-13-4/h10,13H,5-9H2,1-4H3. The molecule has 1 fully saturated rings. The SMILES string of the molecule is CNCC1CCCN1C(=O)COC(C)(C)C. The van der Waals surface area contributed by atoms with Crippen LogP contribution in [0.2, 0.25) is 0 Å². The molecule has 1 unspecified atom stereocenters. The number of nitrogens with zero attached hydrogens (tertiary/aromatic N) is 1. The molecule has 94 valence electrons. The second kappa shape index (κ2) is 5.64. The summed E-state index contributed by atoms with van der Waals surface area (Å²) in [6.45, 7) is 7.85. The van der Waals surface area contributed by atoms with E-state index in [1.807, 2.05) is 32.7 Å². The van der Waals surface area contributed by atoms with Crippen LogP contribution >= 0.6 is 0 Å². The van der Waals surface area contributed by atoms with Gasteiger partial charge in [-0.3, -0.25) is 4.79 Å². The Morgan fingerprint density at radius 1 is 1.50 bits per heavy atom. The van der Waals surface area contributed by atoms with E-state index in [0.29, 0.717) is 6.04 Å². The lowest BCUT2D eigenvalue weighted by atomic mass is 10.2. The molecule has 1 saturated heterocycles. The van der Waals surface area contributed by atoms with Crippen LogP contribution in [-0.2, 0) is 9.53 Å². The van der Waals surface area contributed by atoms with Gasteiger partial charge in [-0.05, 0) is 40.7 Å². The fourth-order valence-electron chi connectivity index (χ4n) is 1.97. The van der Waals surface area contributed by atoms with Crippen LogP contribution in [0.15, 0.2) is 0 Å². The topological polar surface area (TPSA) is 41.6 Å². The first-order chi connectivity index (χ1) is 7.44. The minimum absolute atomic E-state index is 0.118. The fourth-order valence-corrected chi connectivity index (χ4v) is 1.97. The number of nitrogens with one attached hydrogen (secondary N) is 1. The molecule has 1 atom stereocenters. The van der Waals surface area contributed by atoms with E-state index < -0.39 is 0 Å². The molecule has 4 heteroatoms. The van der Waals surface area contributed by atoms with Crippen molar-refractivity contribution >= 4 is 5.91 Å². The minimum Gasteiger partial charge on any atom is -0.366 e. The van der Waals surface area contributed by atoms with Gasteiger partial charge in [0.25, 0.3) is 0 Å². The molecule has 16 heavy (non-hydrogen) atoms. The number of hydrogen-bond donors (Lipinski definition) is 1. The van der Waals surface area contributed by atoms with Gasteiger partial charge in [0.15, 0.2) is 0 Å². The molecule has 1 N–H and O–H groups in total. The summed E-state index contributed by atoms with van der Waals surface area (Å²) in [6.07, 6.45) is 2.20. The van der Waals surface area contributed by atoms with Crippen molar-refractivity contribution in [1.82, 2.24) is 10.2 Å². The molecule has 4 nitrogen and oxygen atoms in total. The van der Waals surface area contributed by atoms with Crippen molar-refractivity contribution in [2.45, 2.75) is 45.3 Å². The summed E-state index contributed by atoms with van der Waals surface area (Å²) in [5.74, 6) is 0.118. The number of hydrogen-bond acceptors (Lipinski definition) is 3. The third kappa shape index (κ3) is 4.10. The van der Waals surface area contributed by atoms with Crippen molar-refractivity contribution in [3.63, 3.8) is 0 Å². The quantitative estimate of drug-likeness (QED) is 0.781. The Labute approximate surface area is 98.3 Å². The number of likely N-dealkylation sites (N-methyl/N-ethyl adjacent to an activating group) is 1. The predicted octanol–water partition coefficient (Wildman–Crippen LogP) is 1.01. The molecule has 0 bridgehead atoms. The van der Waals surface area contributed by atoms with Crippen LogP contribution in [0.3, 0.4) is 0 Å². The van der Waals surface area contributed by atoms with Crippen molar-refractivity contribution in [3.05, 3.63) is 0 Å². The molecule has 0 aromatic heterocycles. The van der Waals surface area contributed by atoms with Crippen LogP contribution in [0, 0.1) is 0 Å². The summed E-state index contributed by atoms with van der Waals surface area (Å²) in [7, 11) is 1.92. The van der Waals surface area contributed by atoms with E-state index in [9.17, 15) is 4.79 Å². The van der Waals surface area contributed by atoms with Crippen LogP contribution in [0.4, 0.5) is 0 Å². The van der Waals surface area contributed by atoms with Gasteiger partial charge >= 0.3 is 0 Å². The van der Waals surface area contributed by atoms with Crippen molar-refractivity contribution in [3.8, 4) is 0 Å². The van der Waals surface area contributed by atoms with E-state index in [1.165, 1.54) is 0 Å². The summed E-state index contributed by atoms with van der Waals surface area (Å²) in [5, 5.41) is 3.13. The van der Waals surface area contributed by atoms with Crippen molar-refractivity contribution in [1.29, 1.82) is 0 Å². The summed E-state index contributed by atoms with van der Waals surface area (Å²) >= 11 is 0. The maximum Gasteiger partial charge on any atom is 0.248 e. The third-order valence-corrected chi connectivity index (χ3v) is 2.77. The smallest absolute Gasteiger partial charge is 0.248 e. The highest BCUT2D eigenvalue weighted by molar-refractivity contribution is 5.78. The Morgan fingerprint density at radius 2 is 2.19 bits per heavy atom. The second-order valence-corrected chi connectivity index (χ2v) is 5.34. The normalized spacial score (nSPS) is 21.5. The van der Waals surface area contributed by atoms with Gasteiger partial charge in [0.05, 0.1) is 5.60 Å². The average molecular weight is 228 g/mol. The van der Waals surface area contributed by atoms with Gasteiger partial charge in [0, 0.05) is 19.1 Å². The lowest BCUT2D eigenvalue weighted by Crippen LogP contribution is -2.43. The van der Waals surface area contributed by atoms with Crippen LogP contribution in [0.1, 0.15) is 33.6 Å². The van der Waals surface area contributed by atoms with Crippen LogP contribution < -0.4 is 5.32 Å². The molecular formula is C12H24N2O2. The molecule has 1 amide bonds. The second-order valence-electron chi connectivity index (χ2n) is 5.34. The number of carbonyl (C=O) groups is 1. The van der Waals surface area contributed by atoms with E-state index >= 15 is 0 Å². The monoisotopic (exact) mass is 228 g/mol. The molecule has 0 aliphatic carbocycles. The van der Waals surface area contributed by atoms with Crippen LogP contribution in [0.5, 0.6) is 0 Å². The number of amides is 1. The third-order valence-electron chi connectivity index (χ3n) is 2.77. The Morgan fingerprint density at radius 3 is 2.75 bits per heavy atom. The highest BCUT2D eigenvalue weighted by atomic mass is 16.5. The molecule has 1 aliphatic heterocycles.